The maximum absolute atomic E-state index is 12.5. The highest BCUT2D eigenvalue weighted by Gasteiger charge is 2.15. The van der Waals surface area contributed by atoms with Gasteiger partial charge in [-0.3, -0.25) is 9.78 Å². The Bertz CT molecular complexity index is 1090. The number of aryl methyl sites for hydroxylation is 1. The summed E-state index contributed by atoms with van der Waals surface area (Å²) in [6, 6.07) is 13.9. The molecular formula is C21H15Br2N3O3. The molecule has 0 spiro atoms. The van der Waals surface area contributed by atoms with Crippen molar-refractivity contribution in [2.75, 3.05) is 0 Å². The molecule has 1 aromatic heterocycles. The van der Waals surface area contributed by atoms with Gasteiger partial charge in [-0.15, -0.1) is 0 Å². The van der Waals surface area contributed by atoms with Crippen molar-refractivity contribution in [2.45, 2.75) is 6.92 Å². The molecule has 3 rings (SSSR count). The average molecular weight is 517 g/mol. The second kappa shape index (κ2) is 9.58. The molecule has 0 unspecified atom stereocenters. The van der Waals surface area contributed by atoms with Crippen LogP contribution in [0.4, 0.5) is 0 Å². The smallest absolute Gasteiger partial charge is 0.343 e. The number of halogens is 2. The van der Waals surface area contributed by atoms with Gasteiger partial charge >= 0.3 is 5.97 Å². The number of amides is 1. The number of benzene rings is 2. The Labute approximate surface area is 184 Å². The summed E-state index contributed by atoms with van der Waals surface area (Å²) in [7, 11) is 0. The first-order valence-electron chi connectivity index (χ1n) is 8.45. The predicted molar refractivity (Wildman–Crippen MR) is 117 cm³/mol. The molecular weight excluding hydrogens is 502 g/mol. The summed E-state index contributed by atoms with van der Waals surface area (Å²) in [4.78, 5) is 28.5. The minimum atomic E-state index is -0.495. The molecule has 0 atom stereocenters. The molecule has 0 saturated heterocycles. The van der Waals surface area contributed by atoms with Crippen molar-refractivity contribution in [3.8, 4) is 5.75 Å². The van der Waals surface area contributed by atoms with E-state index in [4.69, 9.17) is 4.74 Å². The number of hydrogen-bond acceptors (Lipinski definition) is 5. The number of hydrazone groups is 1. The zero-order valence-electron chi connectivity index (χ0n) is 15.2. The van der Waals surface area contributed by atoms with Crippen LogP contribution in [0.1, 0.15) is 31.8 Å². The zero-order valence-corrected chi connectivity index (χ0v) is 18.4. The average Bonchev–Trinajstić information content (AvgIpc) is 2.71. The van der Waals surface area contributed by atoms with Gasteiger partial charge in [-0.25, -0.2) is 10.2 Å². The SMILES string of the molecule is Cc1cccc(C(=O)Oc2c(Br)cc(Br)cc2/C=N/NC(=O)c2cccnc2)c1. The van der Waals surface area contributed by atoms with Crippen LogP contribution in [-0.4, -0.2) is 23.1 Å². The largest absolute Gasteiger partial charge is 0.421 e. The number of carbonyl (C=O) groups is 2. The molecule has 146 valence electrons. The van der Waals surface area contributed by atoms with Crippen molar-refractivity contribution in [3.05, 3.63) is 92.1 Å². The number of nitrogens with zero attached hydrogens (tertiary/aromatic N) is 2. The van der Waals surface area contributed by atoms with Crippen LogP contribution < -0.4 is 10.2 Å². The topological polar surface area (TPSA) is 80.6 Å². The van der Waals surface area contributed by atoms with Crippen molar-refractivity contribution >= 4 is 50.0 Å². The predicted octanol–water partition coefficient (Wildman–Crippen LogP) is 4.90. The van der Waals surface area contributed by atoms with Crippen LogP contribution in [0.3, 0.4) is 0 Å². The van der Waals surface area contributed by atoms with Crippen molar-refractivity contribution < 1.29 is 14.3 Å². The van der Waals surface area contributed by atoms with E-state index in [9.17, 15) is 9.59 Å². The van der Waals surface area contributed by atoms with Crippen LogP contribution in [-0.2, 0) is 0 Å². The normalized spacial score (nSPS) is 10.7. The highest BCUT2D eigenvalue weighted by atomic mass is 79.9. The first-order chi connectivity index (χ1) is 13.9. The Morgan fingerprint density at radius 3 is 2.62 bits per heavy atom. The fraction of sp³-hybridized carbons (Fsp3) is 0.0476. The van der Waals surface area contributed by atoms with E-state index in [1.165, 1.54) is 12.4 Å². The summed E-state index contributed by atoms with van der Waals surface area (Å²) in [5.74, 6) is -0.605. The summed E-state index contributed by atoms with van der Waals surface area (Å²) >= 11 is 6.80. The maximum atomic E-state index is 12.5. The first kappa shape index (κ1) is 20.9. The Morgan fingerprint density at radius 2 is 1.90 bits per heavy atom. The van der Waals surface area contributed by atoms with Gasteiger partial charge in [-0.05, 0) is 59.3 Å². The molecule has 1 N–H and O–H groups in total. The van der Waals surface area contributed by atoms with E-state index in [-0.39, 0.29) is 0 Å². The van der Waals surface area contributed by atoms with E-state index >= 15 is 0 Å². The third kappa shape index (κ3) is 5.58. The maximum Gasteiger partial charge on any atom is 0.343 e. The Balaban J connectivity index is 1.81. The van der Waals surface area contributed by atoms with Crippen molar-refractivity contribution in [2.24, 2.45) is 5.10 Å². The third-order valence-corrected chi connectivity index (χ3v) is 4.83. The Hall–Kier alpha value is -2.84. The lowest BCUT2D eigenvalue weighted by Gasteiger charge is -2.11. The number of esters is 1. The standard InChI is InChI=1S/C21H15Br2N3O3/c1-13-4-2-5-14(8-13)21(28)29-19-16(9-17(22)10-18(19)23)12-25-26-20(27)15-6-3-7-24-11-15/h2-12H,1H3,(H,26,27)/b25-12+. The molecule has 0 bridgehead atoms. The molecule has 1 heterocycles. The van der Waals surface area contributed by atoms with Crippen molar-refractivity contribution in [1.29, 1.82) is 0 Å². The summed E-state index contributed by atoms with van der Waals surface area (Å²) in [5, 5.41) is 3.97. The molecule has 2 aromatic carbocycles. The lowest BCUT2D eigenvalue weighted by molar-refractivity contribution is 0.0732. The summed E-state index contributed by atoms with van der Waals surface area (Å²) < 4.78 is 6.91. The van der Waals surface area contributed by atoms with Crippen molar-refractivity contribution in [1.82, 2.24) is 10.4 Å². The molecule has 29 heavy (non-hydrogen) atoms. The number of rotatable bonds is 5. The second-order valence-corrected chi connectivity index (χ2v) is 7.78. The van der Waals surface area contributed by atoms with E-state index in [0.29, 0.717) is 26.9 Å². The molecule has 0 saturated carbocycles. The van der Waals surface area contributed by atoms with Crippen LogP contribution in [0.5, 0.6) is 5.75 Å². The van der Waals surface area contributed by atoms with Crippen LogP contribution >= 0.6 is 31.9 Å². The summed E-state index contributed by atoms with van der Waals surface area (Å²) in [6.07, 6.45) is 4.42. The number of ether oxygens (including phenoxy) is 1. The lowest BCUT2D eigenvalue weighted by Crippen LogP contribution is -2.18. The molecule has 0 aliphatic heterocycles. The van der Waals surface area contributed by atoms with Crippen LogP contribution in [0, 0.1) is 6.92 Å². The number of hydrogen-bond donors (Lipinski definition) is 1. The van der Waals surface area contributed by atoms with Gasteiger partial charge in [0, 0.05) is 22.4 Å². The Morgan fingerprint density at radius 1 is 1.10 bits per heavy atom. The van der Waals surface area contributed by atoms with Gasteiger partial charge in [0.15, 0.2) is 5.75 Å². The second-order valence-electron chi connectivity index (χ2n) is 6.01. The van der Waals surface area contributed by atoms with Crippen LogP contribution in [0.25, 0.3) is 0 Å². The van der Waals surface area contributed by atoms with Gasteiger partial charge in [0.2, 0.25) is 0 Å². The molecule has 0 radical (unpaired) electrons. The molecule has 8 heteroatoms. The van der Waals surface area contributed by atoms with E-state index in [1.807, 2.05) is 13.0 Å². The van der Waals surface area contributed by atoms with Crippen LogP contribution in [0.15, 0.2) is 75.0 Å². The number of carbonyl (C=O) groups excluding carboxylic acids is 2. The number of aromatic nitrogens is 1. The fourth-order valence-corrected chi connectivity index (χ4v) is 3.77. The highest BCUT2D eigenvalue weighted by Crippen LogP contribution is 2.32. The number of nitrogens with one attached hydrogen (secondary N) is 1. The van der Waals surface area contributed by atoms with Gasteiger partial charge in [0.25, 0.3) is 5.91 Å². The van der Waals surface area contributed by atoms with E-state index < -0.39 is 11.9 Å². The molecule has 0 aliphatic carbocycles. The first-order valence-corrected chi connectivity index (χ1v) is 10.0. The minimum absolute atomic E-state index is 0.291. The van der Waals surface area contributed by atoms with Gasteiger partial charge in [0.1, 0.15) is 0 Å². The van der Waals surface area contributed by atoms with Gasteiger partial charge in [-0.1, -0.05) is 33.6 Å². The van der Waals surface area contributed by atoms with Gasteiger partial charge in [-0.2, -0.15) is 5.10 Å². The number of pyridine rings is 1. The van der Waals surface area contributed by atoms with Crippen LogP contribution in [0.2, 0.25) is 0 Å². The zero-order chi connectivity index (χ0) is 20.8. The van der Waals surface area contributed by atoms with E-state index in [2.05, 4.69) is 47.4 Å². The summed E-state index contributed by atoms with van der Waals surface area (Å²) in [6.45, 7) is 1.90. The molecule has 6 nitrogen and oxygen atoms in total. The quantitative estimate of drug-likeness (QED) is 0.226. The molecule has 0 aliphatic rings. The van der Waals surface area contributed by atoms with Gasteiger partial charge < -0.3 is 4.74 Å². The molecule has 0 fully saturated rings. The fourth-order valence-electron chi connectivity index (χ4n) is 2.43. The molecule has 1 amide bonds. The summed E-state index contributed by atoms with van der Waals surface area (Å²) in [5.41, 5.74) is 4.70. The lowest BCUT2D eigenvalue weighted by atomic mass is 10.1. The van der Waals surface area contributed by atoms with Gasteiger partial charge in [0.05, 0.1) is 21.8 Å². The Kier molecular flexibility index (Phi) is 6.90. The minimum Gasteiger partial charge on any atom is -0.421 e. The monoisotopic (exact) mass is 515 g/mol. The van der Waals surface area contributed by atoms with Crippen molar-refractivity contribution in [3.63, 3.8) is 0 Å². The highest BCUT2D eigenvalue weighted by molar-refractivity contribution is 9.11. The van der Waals surface area contributed by atoms with E-state index in [0.717, 1.165) is 10.0 Å². The molecule has 3 aromatic rings. The van der Waals surface area contributed by atoms with E-state index in [1.54, 1.807) is 48.7 Å². The third-order valence-electron chi connectivity index (χ3n) is 3.78.